The van der Waals surface area contributed by atoms with Crippen LogP contribution in [0.1, 0.15) is 31.3 Å². The van der Waals surface area contributed by atoms with E-state index in [0.717, 1.165) is 0 Å². The van der Waals surface area contributed by atoms with Crippen molar-refractivity contribution in [2.24, 2.45) is 0 Å². The zero-order valence-corrected chi connectivity index (χ0v) is 14.5. The maximum atomic E-state index is 9.43. The van der Waals surface area contributed by atoms with Crippen LogP contribution in [0.15, 0.2) is 22.8 Å². The smallest absolute Gasteiger partial charge is 0.169 e. The second-order valence-electron chi connectivity index (χ2n) is 4.65. The maximum absolute atomic E-state index is 9.43. The second kappa shape index (κ2) is 6.92. The third kappa shape index (κ3) is 3.86. The van der Waals surface area contributed by atoms with Gasteiger partial charge >= 0.3 is 0 Å². The van der Waals surface area contributed by atoms with Crippen molar-refractivity contribution < 1.29 is 9.84 Å². The first-order valence-electron chi connectivity index (χ1n) is 6.21. The van der Waals surface area contributed by atoms with E-state index >= 15 is 0 Å². The van der Waals surface area contributed by atoms with Crippen LogP contribution < -0.4 is 4.74 Å². The van der Waals surface area contributed by atoms with E-state index in [4.69, 9.17) is 27.9 Å². The Morgan fingerprint density at radius 2 is 1.95 bits per heavy atom. The van der Waals surface area contributed by atoms with Gasteiger partial charge in [-0.05, 0) is 22.0 Å². The summed E-state index contributed by atoms with van der Waals surface area (Å²) in [5.74, 6) is 1.53. The zero-order valence-electron chi connectivity index (χ0n) is 11.4. The molecule has 1 aromatic carbocycles. The van der Waals surface area contributed by atoms with Gasteiger partial charge in [0, 0.05) is 16.5 Å². The molecule has 2 aromatic rings. The van der Waals surface area contributed by atoms with Crippen LogP contribution in [0, 0.1) is 0 Å². The number of rotatable bonds is 4. The summed E-state index contributed by atoms with van der Waals surface area (Å²) in [5, 5.41) is 10.3. The average Bonchev–Trinajstić information content (AvgIpc) is 2.44. The van der Waals surface area contributed by atoms with Crippen LogP contribution in [-0.4, -0.2) is 15.1 Å². The fourth-order valence-electron chi connectivity index (χ4n) is 1.60. The summed E-state index contributed by atoms with van der Waals surface area (Å²) < 4.78 is 6.36. The number of nitrogens with zero attached hydrogens (tertiary/aromatic N) is 2. The Kier molecular flexibility index (Phi) is 5.43. The van der Waals surface area contributed by atoms with Crippen LogP contribution in [0.2, 0.25) is 10.0 Å². The van der Waals surface area contributed by atoms with Gasteiger partial charge in [-0.3, -0.25) is 0 Å². The monoisotopic (exact) mass is 390 g/mol. The summed E-state index contributed by atoms with van der Waals surface area (Å²) in [6.07, 6.45) is 1.53. The standard InChI is InChI=1S/C14H13BrCl2N2O2/c1-7(2)14-18-5-13(11(6-20)19-14)21-12-4-9(16)8(15)3-10(12)17/h3-5,7,20H,6H2,1-2H3. The Hall–Kier alpha value is -0.880. The minimum absolute atomic E-state index is 0.162. The fourth-order valence-corrected chi connectivity index (χ4v) is 2.43. The van der Waals surface area contributed by atoms with Gasteiger partial charge in [-0.2, -0.15) is 0 Å². The molecule has 1 heterocycles. The summed E-state index contributed by atoms with van der Waals surface area (Å²) in [5.41, 5.74) is 0.406. The van der Waals surface area contributed by atoms with E-state index in [9.17, 15) is 5.11 Å². The first kappa shape index (κ1) is 16.5. The van der Waals surface area contributed by atoms with Gasteiger partial charge in [0.25, 0.3) is 0 Å². The highest BCUT2D eigenvalue weighted by atomic mass is 79.9. The van der Waals surface area contributed by atoms with E-state index in [1.165, 1.54) is 6.20 Å². The number of benzene rings is 1. The molecule has 0 bridgehead atoms. The second-order valence-corrected chi connectivity index (χ2v) is 6.32. The third-order valence-corrected chi connectivity index (χ3v) is 4.20. The lowest BCUT2D eigenvalue weighted by Crippen LogP contribution is -2.03. The molecule has 0 spiro atoms. The first-order chi connectivity index (χ1) is 9.92. The lowest BCUT2D eigenvalue weighted by molar-refractivity contribution is 0.270. The van der Waals surface area contributed by atoms with E-state index in [1.54, 1.807) is 12.1 Å². The molecule has 0 atom stereocenters. The van der Waals surface area contributed by atoms with Crippen molar-refractivity contribution in [3.05, 3.63) is 44.4 Å². The SMILES string of the molecule is CC(C)c1ncc(Oc2cc(Cl)c(Br)cc2Cl)c(CO)n1. The molecule has 0 saturated heterocycles. The quantitative estimate of drug-likeness (QED) is 0.748. The molecule has 2 rings (SSSR count). The molecule has 0 radical (unpaired) electrons. The Morgan fingerprint density at radius 3 is 2.57 bits per heavy atom. The highest BCUT2D eigenvalue weighted by molar-refractivity contribution is 9.10. The fraction of sp³-hybridized carbons (Fsp3) is 0.286. The van der Waals surface area contributed by atoms with Crippen molar-refractivity contribution in [2.45, 2.75) is 26.4 Å². The highest BCUT2D eigenvalue weighted by Crippen LogP contribution is 2.37. The van der Waals surface area contributed by atoms with Gasteiger partial charge in [-0.15, -0.1) is 0 Å². The predicted octanol–water partition coefficient (Wildman–Crippen LogP) is 4.95. The molecule has 1 aromatic heterocycles. The van der Waals surface area contributed by atoms with Gasteiger partial charge in [-0.1, -0.05) is 37.0 Å². The normalized spacial score (nSPS) is 11.0. The van der Waals surface area contributed by atoms with Crippen LogP contribution in [-0.2, 0) is 6.61 Å². The number of aliphatic hydroxyl groups excluding tert-OH is 1. The van der Waals surface area contributed by atoms with Gasteiger partial charge in [0.05, 0.1) is 22.8 Å². The van der Waals surface area contributed by atoms with Gasteiger partial charge in [0.15, 0.2) is 5.75 Å². The van der Waals surface area contributed by atoms with E-state index < -0.39 is 0 Å². The lowest BCUT2D eigenvalue weighted by Gasteiger charge is -2.13. The number of halogens is 3. The largest absolute Gasteiger partial charge is 0.452 e. The van der Waals surface area contributed by atoms with Gasteiger partial charge in [0.1, 0.15) is 17.3 Å². The summed E-state index contributed by atoms with van der Waals surface area (Å²) in [4.78, 5) is 8.51. The highest BCUT2D eigenvalue weighted by Gasteiger charge is 2.13. The van der Waals surface area contributed by atoms with Crippen LogP contribution in [0.5, 0.6) is 11.5 Å². The summed E-state index contributed by atoms with van der Waals surface area (Å²) in [6.45, 7) is 3.70. The molecule has 0 fully saturated rings. The van der Waals surface area contributed by atoms with Crippen molar-refractivity contribution in [3.63, 3.8) is 0 Å². The molecular formula is C14H13BrCl2N2O2. The Balaban J connectivity index is 2.37. The number of aromatic nitrogens is 2. The summed E-state index contributed by atoms with van der Waals surface area (Å²) in [6, 6.07) is 3.23. The topological polar surface area (TPSA) is 55.2 Å². The summed E-state index contributed by atoms with van der Waals surface area (Å²) >= 11 is 15.4. The van der Waals surface area contributed by atoms with Crippen molar-refractivity contribution in [1.29, 1.82) is 0 Å². The van der Waals surface area contributed by atoms with Gasteiger partial charge < -0.3 is 9.84 Å². The molecule has 4 nitrogen and oxygen atoms in total. The van der Waals surface area contributed by atoms with E-state index in [-0.39, 0.29) is 12.5 Å². The molecule has 1 N–H and O–H groups in total. The number of aliphatic hydroxyl groups is 1. The van der Waals surface area contributed by atoms with Crippen molar-refractivity contribution in [1.82, 2.24) is 9.97 Å². The van der Waals surface area contributed by atoms with Gasteiger partial charge in [-0.25, -0.2) is 9.97 Å². The molecule has 0 saturated carbocycles. The van der Waals surface area contributed by atoms with E-state index in [2.05, 4.69) is 25.9 Å². The first-order valence-corrected chi connectivity index (χ1v) is 7.76. The Morgan fingerprint density at radius 1 is 1.24 bits per heavy atom. The molecule has 0 aliphatic rings. The number of hydrogen-bond donors (Lipinski definition) is 1. The average molecular weight is 392 g/mol. The van der Waals surface area contributed by atoms with Crippen molar-refractivity contribution in [3.8, 4) is 11.5 Å². The van der Waals surface area contributed by atoms with Crippen molar-refractivity contribution >= 4 is 39.1 Å². The van der Waals surface area contributed by atoms with Crippen LogP contribution in [0.25, 0.3) is 0 Å². The number of hydrogen-bond acceptors (Lipinski definition) is 4. The molecule has 7 heteroatoms. The minimum atomic E-state index is -0.251. The molecule has 0 amide bonds. The van der Waals surface area contributed by atoms with Crippen molar-refractivity contribution in [2.75, 3.05) is 0 Å². The van der Waals surface area contributed by atoms with Crippen LogP contribution in [0.3, 0.4) is 0 Å². The van der Waals surface area contributed by atoms with Gasteiger partial charge in [0.2, 0.25) is 0 Å². The van der Waals surface area contributed by atoms with Crippen LogP contribution in [0.4, 0.5) is 0 Å². The van der Waals surface area contributed by atoms with E-state index in [1.807, 2.05) is 13.8 Å². The third-order valence-electron chi connectivity index (χ3n) is 2.71. The number of ether oxygens (including phenoxy) is 1. The molecular weight excluding hydrogens is 379 g/mol. The van der Waals surface area contributed by atoms with Crippen LogP contribution >= 0.6 is 39.1 Å². The summed E-state index contributed by atoms with van der Waals surface area (Å²) in [7, 11) is 0. The molecule has 0 aliphatic carbocycles. The molecule has 0 aliphatic heterocycles. The molecule has 0 unspecified atom stereocenters. The Labute approximate surface area is 141 Å². The zero-order chi connectivity index (χ0) is 15.6. The molecule has 112 valence electrons. The Bertz CT molecular complexity index is 666. The lowest BCUT2D eigenvalue weighted by atomic mass is 10.2. The molecule has 21 heavy (non-hydrogen) atoms. The minimum Gasteiger partial charge on any atom is -0.452 e. The predicted molar refractivity (Wildman–Crippen MR) is 86.3 cm³/mol. The maximum Gasteiger partial charge on any atom is 0.169 e. The van der Waals surface area contributed by atoms with E-state index in [0.29, 0.717) is 37.5 Å².